The number of hydrogen-bond donors (Lipinski definition) is 3. The number of fused-ring (bicyclic) bond motifs is 1. The van der Waals surface area contributed by atoms with Gasteiger partial charge in [0.25, 0.3) is 5.91 Å². The lowest BCUT2D eigenvalue weighted by molar-refractivity contribution is -0.115. The molecule has 0 aliphatic carbocycles. The lowest BCUT2D eigenvalue weighted by Gasteiger charge is -2.18. The summed E-state index contributed by atoms with van der Waals surface area (Å²) in [5.74, 6) is -0.182. The van der Waals surface area contributed by atoms with Crippen molar-refractivity contribution in [3.05, 3.63) is 23.8 Å². The fourth-order valence-corrected chi connectivity index (χ4v) is 2.38. The van der Waals surface area contributed by atoms with Gasteiger partial charge in [-0.2, -0.15) is 0 Å². The Hall–Kier alpha value is -2.12. The molecule has 1 aromatic rings. The number of carbonyl (C=O) groups excluding carboxylic acids is 2. The van der Waals surface area contributed by atoms with E-state index in [1.165, 1.54) is 0 Å². The molecule has 7 nitrogen and oxygen atoms in total. The molecule has 1 aliphatic rings. The molecule has 1 aromatic carbocycles. The van der Waals surface area contributed by atoms with Gasteiger partial charge in [0.05, 0.1) is 18.0 Å². The van der Waals surface area contributed by atoms with E-state index < -0.39 is 0 Å². The molecule has 2 amide bonds. The van der Waals surface area contributed by atoms with Crippen LogP contribution in [0.5, 0.6) is 0 Å². The maximum Gasteiger partial charge on any atom is 0.251 e. The molecule has 3 N–H and O–H groups in total. The second-order valence-corrected chi connectivity index (χ2v) is 5.45. The predicted molar refractivity (Wildman–Crippen MR) is 90.0 cm³/mol. The molecule has 126 valence electrons. The summed E-state index contributed by atoms with van der Waals surface area (Å²) in [6.45, 7) is 3.28. The van der Waals surface area contributed by atoms with Crippen LogP contribution < -0.4 is 20.9 Å². The van der Waals surface area contributed by atoms with Gasteiger partial charge < -0.3 is 25.6 Å². The largest absolute Gasteiger partial charge is 0.383 e. The topological polar surface area (TPSA) is 82.7 Å². The third kappa shape index (κ3) is 4.94. The Morgan fingerprint density at radius 1 is 1.35 bits per heavy atom. The molecule has 0 unspecified atom stereocenters. The highest BCUT2D eigenvalue weighted by atomic mass is 16.5. The molecule has 2 rings (SSSR count). The minimum absolute atomic E-state index is 0.0319. The van der Waals surface area contributed by atoms with Crippen molar-refractivity contribution < 1.29 is 14.3 Å². The minimum atomic E-state index is -0.150. The first-order valence-corrected chi connectivity index (χ1v) is 7.74. The second kappa shape index (κ2) is 8.50. The molecule has 0 spiro atoms. The number of carbonyl (C=O) groups is 2. The van der Waals surface area contributed by atoms with E-state index in [0.29, 0.717) is 43.9 Å². The summed E-state index contributed by atoms with van der Waals surface area (Å²) in [7, 11) is 3.59. The molecule has 0 saturated carbocycles. The number of amides is 2. The molecule has 0 atom stereocenters. The van der Waals surface area contributed by atoms with Gasteiger partial charge in [-0.05, 0) is 18.2 Å². The normalized spacial score (nSPS) is 14.0. The highest BCUT2D eigenvalue weighted by Gasteiger charge is 2.18. The van der Waals surface area contributed by atoms with Crippen molar-refractivity contribution in [2.45, 2.75) is 6.42 Å². The Bertz CT molecular complexity index is 562. The molecular formula is C16H24N4O3. The van der Waals surface area contributed by atoms with Crippen LogP contribution in [0.2, 0.25) is 0 Å². The number of benzene rings is 1. The van der Waals surface area contributed by atoms with Crippen LogP contribution in [-0.4, -0.2) is 58.8 Å². The number of hydrogen-bond acceptors (Lipinski definition) is 5. The van der Waals surface area contributed by atoms with Gasteiger partial charge in [-0.3, -0.25) is 9.59 Å². The molecule has 0 aromatic heterocycles. The summed E-state index contributed by atoms with van der Waals surface area (Å²) in [6, 6.07) is 5.37. The van der Waals surface area contributed by atoms with Crippen LogP contribution in [0.25, 0.3) is 0 Å². The van der Waals surface area contributed by atoms with Crippen molar-refractivity contribution in [1.29, 1.82) is 0 Å². The van der Waals surface area contributed by atoms with Crippen LogP contribution in [-0.2, 0) is 9.53 Å². The second-order valence-electron chi connectivity index (χ2n) is 5.45. The monoisotopic (exact) mass is 320 g/mol. The molecule has 0 saturated heterocycles. The summed E-state index contributed by atoms with van der Waals surface area (Å²) < 4.78 is 4.93. The van der Waals surface area contributed by atoms with Crippen molar-refractivity contribution >= 4 is 23.2 Å². The zero-order valence-electron chi connectivity index (χ0n) is 13.6. The van der Waals surface area contributed by atoms with E-state index in [0.717, 1.165) is 12.2 Å². The predicted octanol–water partition coefficient (Wildman–Crippen LogP) is 0.431. The summed E-state index contributed by atoms with van der Waals surface area (Å²) >= 11 is 0. The van der Waals surface area contributed by atoms with Crippen LogP contribution in [0, 0.1) is 0 Å². The molecule has 0 radical (unpaired) electrons. The van der Waals surface area contributed by atoms with Gasteiger partial charge in [0.1, 0.15) is 0 Å². The summed E-state index contributed by atoms with van der Waals surface area (Å²) in [5.41, 5.74) is 2.14. The third-order valence-corrected chi connectivity index (χ3v) is 3.69. The first-order chi connectivity index (χ1) is 11.1. The van der Waals surface area contributed by atoms with Crippen molar-refractivity contribution in [2.24, 2.45) is 0 Å². The zero-order valence-corrected chi connectivity index (χ0v) is 13.6. The van der Waals surface area contributed by atoms with Gasteiger partial charge in [0.15, 0.2) is 0 Å². The Kier molecular flexibility index (Phi) is 6.37. The highest BCUT2D eigenvalue weighted by molar-refractivity contribution is 6.00. The van der Waals surface area contributed by atoms with Crippen molar-refractivity contribution in [2.75, 3.05) is 57.2 Å². The van der Waals surface area contributed by atoms with Crippen molar-refractivity contribution in [3.63, 3.8) is 0 Å². The van der Waals surface area contributed by atoms with E-state index in [4.69, 9.17) is 4.74 Å². The molecular weight excluding hydrogens is 296 g/mol. The average molecular weight is 320 g/mol. The molecule has 7 heteroatoms. The first kappa shape index (κ1) is 17.2. The molecule has 23 heavy (non-hydrogen) atoms. The minimum Gasteiger partial charge on any atom is -0.383 e. The van der Waals surface area contributed by atoms with E-state index >= 15 is 0 Å². The molecule has 0 bridgehead atoms. The fourth-order valence-electron chi connectivity index (χ4n) is 2.38. The number of rotatable bonds is 7. The van der Waals surface area contributed by atoms with E-state index in [-0.39, 0.29) is 11.8 Å². The number of anilines is 2. The molecule has 0 fully saturated rings. The van der Waals surface area contributed by atoms with Crippen LogP contribution >= 0.6 is 0 Å². The van der Waals surface area contributed by atoms with Crippen molar-refractivity contribution in [3.8, 4) is 0 Å². The van der Waals surface area contributed by atoms with Gasteiger partial charge in [-0.15, -0.1) is 0 Å². The van der Waals surface area contributed by atoms with Crippen LogP contribution in [0.1, 0.15) is 16.8 Å². The molecule has 1 heterocycles. The van der Waals surface area contributed by atoms with Gasteiger partial charge >= 0.3 is 0 Å². The highest BCUT2D eigenvalue weighted by Crippen LogP contribution is 2.28. The van der Waals surface area contributed by atoms with Crippen LogP contribution in [0.4, 0.5) is 11.4 Å². The van der Waals surface area contributed by atoms with Crippen LogP contribution in [0.3, 0.4) is 0 Å². The SMILES string of the molecule is COCCNCCNC(=O)c1ccc2c(c1)NC(=O)CCN2C. The van der Waals surface area contributed by atoms with Crippen LogP contribution in [0.15, 0.2) is 18.2 Å². The standard InChI is InChI=1S/C16H24N4O3/c1-20-9-5-15(21)19-13-11-12(3-4-14(13)20)16(22)18-7-6-17-8-10-23-2/h3-4,11,17H,5-10H2,1-2H3,(H,18,22)(H,19,21). The maximum atomic E-state index is 12.2. The number of ether oxygens (including phenoxy) is 1. The van der Waals surface area contributed by atoms with Gasteiger partial charge in [0, 0.05) is 52.3 Å². The third-order valence-electron chi connectivity index (χ3n) is 3.69. The first-order valence-electron chi connectivity index (χ1n) is 7.74. The van der Waals surface area contributed by atoms with E-state index in [1.54, 1.807) is 19.2 Å². The Morgan fingerprint density at radius 3 is 2.96 bits per heavy atom. The Balaban J connectivity index is 1.93. The fraction of sp³-hybridized carbons (Fsp3) is 0.500. The number of nitrogens with zero attached hydrogens (tertiary/aromatic N) is 1. The van der Waals surface area contributed by atoms with E-state index in [9.17, 15) is 9.59 Å². The Labute approximate surface area is 136 Å². The van der Waals surface area contributed by atoms with Gasteiger partial charge in [-0.25, -0.2) is 0 Å². The Morgan fingerprint density at radius 2 is 2.17 bits per heavy atom. The maximum absolute atomic E-state index is 12.2. The van der Waals surface area contributed by atoms with Gasteiger partial charge in [0.2, 0.25) is 5.91 Å². The lowest BCUT2D eigenvalue weighted by Crippen LogP contribution is -2.33. The summed E-state index contributed by atoms with van der Waals surface area (Å²) in [6.07, 6.45) is 0.444. The number of methoxy groups -OCH3 is 1. The zero-order chi connectivity index (χ0) is 16.7. The summed E-state index contributed by atoms with van der Waals surface area (Å²) in [5, 5.41) is 8.86. The van der Waals surface area contributed by atoms with Crippen molar-refractivity contribution in [1.82, 2.24) is 10.6 Å². The summed E-state index contributed by atoms with van der Waals surface area (Å²) in [4.78, 5) is 25.9. The average Bonchev–Trinajstić information content (AvgIpc) is 2.69. The smallest absolute Gasteiger partial charge is 0.251 e. The molecule has 1 aliphatic heterocycles. The van der Waals surface area contributed by atoms with E-state index in [2.05, 4.69) is 16.0 Å². The quantitative estimate of drug-likeness (QED) is 0.635. The van der Waals surface area contributed by atoms with Gasteiger partial charge in [-0.1, -0.05) is 0 Å². The number of nitrogens with one attached hydrogen (secondary N) is 3. The van der Waals surface area contributed by atoms with E-state index in [1.807, 2.05) is 18.0 Å². The lowest BCUT2D eigenvalue weighted by atomic mass is 10.1.